The van der Waals surface area contributed by atoms with Crippen LogP contribution in [0, 0.1) is 0 Å². The molecule has 10 heteroatoms. The summed E-state index contributed by atoms with van der Waals surface area (Å²) in [6, 6.07) is 5.33. The van der Waals surface area contributed by atoms with Crippen LogP contribution in [0.4, 0.5) is 27.4 Å². The van der Waals surface area contributed by atoms with Gasteiger partial charge in [-0.25, -0.2) is 14.4 Å². The van der Waals surface area contributed by atoms with Gasteiger partial charge in [0.05, 0.1) is 34.8 Å². The average Bonchev–Trinajstić information content (AvgIpc) is 2.82. The molecule has 1 aliphatic heterocycles. The second-order valence-corrected chi connectivity index (χ2v) is 8.57. The number of carbonyl (C=O) groups is 1. The zero-order chi connectivity index (χ0) is 24.7. The molecule has 0 spiro atoms. The van der Waals surface area contributed by atoms with E-state index in [2.05, 4.69) is 44.2 Å². The molecule has 0 bridgehead atoms. The number of nitrogens with zero attached hydrogens (tertiary/aromatic N) is 3. The Labute approximate surface area is 198 Å². The van der Waals surface area contributed by atoms with E-state index in [1.54, 1.807) is 24.3 Å². The SMILES string of the molecule is C=Cc1nc(Nc2cc(NC3CCOCC3)c(C(=O)NCC(F)C(C)(C)O)cn2)ccc1N=C. The number of carbonyl (C=O) groups excluding carboxylic acids is 1. The molecule has 3 rings (SSSR count). The van der Waals surface area contributed by atoms with Gasteiger partial charge in [0.1, 0.15) is 17.8 Å². The molecule has 1 saturated heterocycles. The third-order valence-electron chi connectivity index (χ3n) is 5.46. The highest BCUT2D eigenvalue weighted by atomic mass is 19.1. The van der Waals surface area contributed by atoms with E-state index in [9.17, 15) is 14.3 Å². The van der Waals surface area contributed by atoms with Crippen LogP contribution < -0.4 is 16.0 Å². The fourth-order valence-corrected chi connectivity index (χ4v) is 3.37. The van der Waals surface area contributed by atoms with Gasteiger partial charge in [-0.1, -0.05) is 6.58 Å². The molecule has 34 heavy (non-hydrogen) atoms. The van der Waals surface area contributed by atoms with Crippen molar-refractivity contribution < 1.29 is 19.0 Å². The Balaban J connectivity index is 1.83. The van der Waals surface area contributed by atoms with Crippen molar-refractivity contribution in [3.05, 3.63) is 42.2 Å². The normalized spacial score (nSPS) is 15.3. The number of ether oxygens (including phenoxy) is 1. The molecule has 182 valence electrons. The fraction of sp³-hybridized carbons (Fsp3) is 0.417. The number of amides is 1. The lowest BCUT2D eigenvalue weighted by atomic mass is 10.0. The van der Waals surface area contributed by atoms with Crippen LogP contribution in [-0.2, 0) is 4.74 Å². The van der Waals surface area contributed by atoms with Crippen molar-refractivity contribution in [3.8, 4) is 0 Å². The molecular weight excluding hydrogens is 439 g/mol. The quantitative estimate of drug-likeness (QED) is 0.391. The summed E-state index contributed by atoms with van der Waals surface area (Å²) >= 11 is 0. The number of hydrogen-bond donors (Lipinski definition) is 4. The predicted molar refractivity (Wildman–Crippen MR) is 132 cm³/mol. The van der Waals surface area contributed by atoms with E-state index >= 15 is 0 Å². The molecule has 1 fully saturated rings. The first-order valence-corrected chi connectivity index (χ1v) is 11.1. The Hall–Kier alpha value is -3.37. The summed E-state index contributed by atoms with van der Waals surface area (Å²) in [5.74, 6) is 0.497. The molecular formula is C24H31FN6O3. The van der Waals surface area contributed by atoms with Gasteiger partial charge in [-0.15, -0.1) is 0 Å². The smallest absolute Gasteiger partial charge is 0.255 e. The molecule has 1 unspecified atom stereocenters. The number of anilines is 3. The third kappa shape index (κ3) is 6.58. The first kappa shape index (κ1) is 25.3. The summed E-state index contributed by atoms with van der Waals surface area (Å²) in [6.45, 7) is 10.9. The maximum absolute atomic E-state index is 14.1. The van der Waals surface area contributed by atoms with Crippen molar-refractivity contribution in [1.82, 2.24) is 15.3 Å². The van der Waals surface area contributed by atoms with Crippen molar-refractivity contribution in [1.29, 1.82) is 0 Å². The number of alkyl halides is 1. The Morgan fingerprint density at radius 2 is 2.12 bits per heavy atom. The summed E-state index contributed by atoms with van der Waals surface area (Å²) in [6.07, 6.45) is 2.97. The maximum atomic E-state index is 14.1. The fourth-order valence-electron chi connectivity index (χ4n) is 3.37. The molecule has 0 saturated carbocycles. The number of aliphatic hydroxyl groups is 1. The zero-order valence-corrected chi connectivity index (χ0v) is 19.5. The van der Waals surface area contributed by atoms with E-state index < -0.39 is 17.7 Å². The Morgan fingerprint density at radius 3 is 2.76 bits per heavy atom. The molecule has 0 aliphatic carbocycles. The topological polar surface area (TPSA) is 121 Å². The van der Waals surface area contributed by atoms with Gasteiger partial charge in [-0.3, -0.25) is 9.79 Å². The van der Waals surface area contributed by atoms with Crippen molar-refractivity contribution in [2.45, 2.75) is 44.5 Å². The minimum Gasteiger partial charge on any atom is -0.387 e. The van der Waals surface area contributed by atoms with Crippen LogP contribution in [0.3, 0.4) is 0 Å². The first-order chi connectivity index (χ1) is 16.2. The number of rotatable bonds is 10. The summed E-state index contributed by atoms with van der Waals surface area (Å²) in [7, 11) is 0. The summed E-state index contributed by atoms with van der Waals surface area (Å²) in [5.41, 5.74) is 0.444. The van der Waals surface area contributed by atoms with Gasteiger partial charge >= 0.3 is 0 Å². The van der Waals surface area contributed by atoms with Gasteiger partial charge < -0.3 is 25.8 Å². The molecule has 3 heterocycles. The minimum absolute atomic E-state index is 0.115. The lowest BCUT2D eigenvalue weighted by Crippen LogP contribution is -2.42. The number of hydrogen-bond acceptors (Lipinski definition) is 8. The van der Waals surface area contributed by atoms with E-state index in [-0.39, 0.29) is 18.2 Å². The molecule has 0 aromatic carbocycles. The van der Waals surface area contributed by atoms with E-state index in [0.29, 0.717) is 41.9 Å². The number of nitrogens with one attached hydrogen (secondary N) is 3. The number of aromatic nitrogens is 2. The largest absolute Gasteiger partial charge is 0.387 e. The lowest BCUT2D eigenvalue weighted by Gasteiger charge is -2.26. The van der Waals surface area contributed by atoms with Gasteiger partial charge in [0.15, 0.2) is 0 Å². The average molecular weight is 471 g/mol. The van der Waals surface area contributed by atoms with Crippen molar-refractivity contribution in [2.24, 2.45) is 4.99 Å². The van der Waals surface area contributed by atoms with Crippen molar-refractivity contribution in [3.63, 3.8) is 0 Å². The first-order valence-electron chi connectivity index (χ1n) is 11.1. The summed E-state index contributed by atoms with van der Waals surface area (Å²) in [4.78, 5) is 25.5. The molecule has 9 nitrogen and oxygen atoms in total. The standard InChI is InChI=1S/C24H31FN6O3/c1-5-17-18(26-4)6-7-21(30-17)31-22-12-19(29-15-8-10-34-11-9-15)16(13-27-22)23(32)28-14-20(25)24(2,3)33/h5-7,12-13,15,20,33H,1,4,8-11,14H2,2-3H3,(H,28,32)(H2,27,29,30,31). The number of aliphatic imine (C=N–C) groups is 1. The second kappa shape index (κ2) is 11.2. The Morgan fingerprint density at radius 1 is 1.38 bits per heavy atom. The summed E-state index contributed by atoms with van der Waals surface area (Å²) < 4.78 is 19.6. The van der Waals surface area contributed by atoms with E-state index in [4.69, 9.17) is 4.74 Å². The molecule has 1 amide bonds. The van der Waals surface area contributed by atoms with E-state index in [1.165, 1.54) is 20.0 Å². The molecule has 2 aromatic rings. The third-order valence-corrected chi connectivity index (χ3v) is 5.46. The Kier molecular flexibility index (Phi) is 8.30. The highest BCUT2D eigenvalue weighted by Gasteiger charge is 2.27. The van der Waals surface area contributed by atoms with Crippen molar-refractivity contribution >= 4 is 41.7 Å². The highest BCUT2D eigenvalue weighted by Crippen LogP contribution is 2.26. The predicted octanol–water partition coefficient (Wildman–Crippen LogP) is 3.63. The molecule has 2 aromatic heterocycles. The van der Waals surface area contributed by atoms with Crippen molar-refractivity contribution in [2.75, 3.05) is 30.4 Å². The molecule has 1 atom stereocenters. The van der Waals surface area contributed by atoms with Crippen LogP contribution in [0.25, 0.3) is 6.08 Å². The summed E-state index contributed by atoms with van der Waals surface area (Å²) in [5, 5.41) is 18.8. The monoisotopic (exact) mass is 470 g/mol. The Bertz CT molecular complexity index is 1030. The molecule has 1 aliphatic rings. The van der Waals surface area contributed by atoms with Gasteiger partial charge in [0.25, 0.3) is 5.91 Å². The van der Waals surface area contributed by atoms with Gasteiger partial charge in [0.2, 0.25) is 0 Å². The van der Waals surface area contributed by atoms with Crippen LogP contribution in [-0.4, -0.2) is 65.3 Å². The molecule has 4 N–H and O–H groups in total. The van der Waals surface area contributed by atoms with Crippen LogP contribution in [0.2, 0.25) is 0 Å². The van der Waals surface area contributed by atoms with E-state index in [0.717, 1.165) is 12.8 Å². The van der Waals surface area contributed by atoms with Gasteiger partial charge in [0, 0.05) is 31.5 Å². The maximum Gasteiger partial charge on any atom is 0.255 e. The lowest BCUT2D eigenvalue weighted by molar-refractivity contribution is -0.00177. The van der Waals surface area contributed by atoms with Gasteiger partial charge in [-0.2, -0.15) is 0 Å². The second-order valence-electron chi connectivity index (χ2n) is 8.57. The van der Waals surface area contributed by atoms with Crippen LogP contribution in [0.5, 0.6) is 0 Å². The van der Waals surface area contributed by atoms with E-state index in [1.807, 2.05) is 0 Å². The minimum atomic E-state index is -1.62. The van der Waals surface area contributed by atoms with Crippen LogP contribution in [0.1, 0.15) is 42.7 Å². The number of halogens is 1. The van der Waals surface area contributed by atoms with Crippen LogP contribution in [0.15, 0.2) is 36.0 Å². The molecule has 0 radical (unpaired) electrons. The zero-order valence-electron chi connectivity index (χ0n) is 19.5. The highest BCUT2D eigenvalue weighted by molar-refractivity contribution is 5.99. The number of pyridine rings is 2. The van der Waals surface area contributed by atoms with Crippen LogP contribution >= 0.6 is 0 Å². The van der Waals surface area contributed by atoms with Gasteiger partial charge in [-0.05, 0) is 51.6 Å².